The van der Waals surface area contributed by atoms with E-state index in [0.717, 1.165) is 24.0 Å². The lowest BCUT2D eigenvalue weighted by atomic mass is 10.1. The molecule has 0 unspecified atom stereocenters. The number of alkyl carbamates (subject to hydrolysis) is 1. The fourth-order valence-corrected chi connectivity index (χ4v) is 2.47. The Morgan fingerprint density at radius 2 is 1.78 bits per heavy atom. The molecule has 0 spiro atoms. The molecule has 2 aromatic rings. The molecule has 0 aromatic heterocycles. The molecule has 0 heterocycles. The molecule has 6 nitrogen and oxygen atoms in total. The molecule has 0 bridgehead atoms. The summed E-state index contributed by atoms with van der Waals surface area (Å²) in [5, 5.41) is 11.9. The molecule has 1 atom stereocenters. The normalized spacial score (nSPS) is 11.4. The van der Waals surface area contributed by atoms with Crippen molar-refractivity contribution in [2.45, 2.75) is 38.8 Å². The van der Waals surface area contributed by atoms with Crippen LogP contribution in [0, 0.1) is 0 Å². The standard InChI is InChI=1S/C21H25NO5/c1-2-3-13-26-19-12-8-7-11-17(19)14-18(20(23)24)22-21(25)27-15-16-9-5-4-6-10-16/h4-12,18H,2-3,13-15H2,1H3,(H,22,25)(H,23,24)/t18-/m0/s1. The second-order valence-electron chi connectivity index (χ2n) is 6.11. The highest BCUT2D eigenvalue weighted by atomic mass is 16.5. The number of amides is 1. The summed E-state index contributed by atoms with van der Waals surface area (Å²) in [6, 6.07) is 15.3. The van der Waals surface area contributed by atoms with Crippen LogP contribution in [0.5, 0.6) is 5.75 Å². The van der Waals surface area contributed by atoms with Crippen LogP contribution in [0.2, 0.25) is 0 Å². The molecule has 0 aliphatic heterocycles. The minimum absolute atomic E-state index is 0.0791. The third kappa shape index (κ3) is 7.01. The summed E-state index contributed by atoms with van der Waals surface area (Å²) < 4.78 is 10.8. The van der Waals surface area contributed by atoms with Gasteiger partial charge < -0.3 is 19.9 Å². The van der Waals surface area contributed by atoms with Crippen molar-refractivity contribution in [2.24, 2.45) is 0 Å². The number of carbonyl (C=O) groups excluding carboxylic acids is 1. The van der Waals surface area contributed by atoms with Gasteiger partial charge in [-0.1, -0.05) is 61.9 Å². The maximum Gasteiger partial charge on any atom is 0.408 e. The Hall–Kier alpha value is -3.02. The predicted octanol–water partition coefficient (Wildman–Crippen LogP) is 3.79. The van der Waals surface area contributed by atoms with Crippen molar-refractivity contribution in [1.82, 2.24) is 5.32 Å². The van der Waals surface area contributed by atoms with Crippen molar-refractivity contribution < 1.29 is 24.2 Å². The van der Waals surface area contributed by atoms with Crippen LogP contribution in [0.3, 0.4) is 0 Å². The fraction of sp³-hybridized carbons (Fsp3) is 0.333. The lowest BCUT2D eigenvalue weighted by Crippen LogP contribution is -2.42. The van der Waals surface area contributed by atoms with Gasteiger partial charge in [-0.2, -0.15) is 0 Å². The summed E-state index contributed by atoms with van der Waals surface area (Å²) in [5.74, 6) is -0.494. The molecule has 1 amide bonds. The molecule has 0 aliphatic rings. The van der Waals surface area contributed by atoms with Crippen LogP contribution in [-0.2, 0) is 22.6 Å². The largest absolute Gasteiger partial charge is 0.493 e. The van der Waals surface area contributed by atoms with Crippen LogP contribution in [0.25, 0.3) is 0 Å². The van der Waals surface area contributed by atoms with E-state index in [4.69, 9.17) is 9.47 Å². The van der Waals surface area contributed by atoms with Crippen LogP contribution in [-0.4, -0.2) is 29.8 Å². The van der Waals surface area contributed by atoms with Gasteiger partial charge in [0.25, 0.3) is 0 Å². The van der Waals surface area contributed by atoms with E-state index in [9.17, 15) is 14.7 Å². The quantitative estimate of drug-likeness (QED) is 0.621. The maximum atomic E-state index is 12.0. The van der Waals surface area contributed by atoms with Gasteiger partial charge in [-0.05, 0) is 23.6 Å². The molecule has 0 aliphatic carbocycles. The molecule has 0 fully saturated rings. The first-order chi connectivity index (χ1) is 13.1. The van der Waals surface area contributed by atoms with Gasteiger partial charge in [0.15, 0.2) is 0 Å². The molecule has 2 aromatic carbocycles. The first kappa shape index (κ1) is 20.3. The van der Waals surface area contributed by atoms with Crippen LogP contribution >= 0.6 is 0 Å². The summed E-state index contributed by atoms with van der Waals surface area (Å²) in [6.07, 6.45) is 1.27. The SMILES string of the molecule is CCCCOc1ccccc1C[C@H](NC(=O)OCc1ccccc1)C(=O)O. The van der Waals surface area contributed by atoms with Crippen molar-refractivity contribution in [3.05, 3.63) is 65.7 Å². The topological polar surface area (TPSA) is 84.9 Å². The molecular weight excluding hydrogens is 346 g/mol. The van der Waals surface area contributed by atoms with Gasteiger partial charge in [0, 0.05) is 6.42 Å². The van der Waals surface area contributed by atoms with E-state index >= 15 is 0 Å². The summed E-state index contributed by atoms with van der Waals surface area (Å²) in [4.78, 5) is 23.6. The van der Waals surface area contributed by atoms with E-state index in [-0.39, 0.29) is 13.0 Å². The number of carboxylic acid groups (broad SMARTS) is 1. The third-order valence-electron chi connectivity index (χ3n) is 3.96. The fourth-order valence-electron chi connectivity index (χ4n) is 2.47. The number of para-hydroxylation sites is 1. The van der Waals surface area contributed by atoms with E-state index < -0.39 is 18.1 Å². The average Bonchev–Trinajstić information content (AvgIpc) is 2.68. The summed E-state index contributed by atoms with van der Waals surface area (Å²) in [5.41, 5.74) is 1.55. The highest BCUT2D eigenvalue weighted by Gasteiger charge is 2.22. The summed E-state index contributed by atoms with van der Waals surface area (Å²) >= 11 is 0. The lowest BCUT2D eigenvalue weighted by Gasteiger charge is -2.17. The zero-order valence-electron chi connectivity index (χ0n) is 15.4. The van der Waals surface area contributed by atoms with Crippen molar-refractivity contribution in [2.75, 3.05) is 6.61 Å². The smallest absolute Gasteiger partial charge is 0.408 e. The van der Waals surface area contributed by atoms with Gasteiger partial charge in [-0.3, -0.25) is 0 Å². The molecule has 6 heteroatoms. The predicted molar refractivity (Wildman–Crippen MR) is 102 cm³/mol. The van der Waals surface area contributed by atoms with E-state index in [2.05, 4.69) is 12.2 Å². The third-order valence-corrected chi connectivity index (χ3v) is 3.96. The minimum Gasteiger partial charge on any atom is -0.493 e. The highest BCUT2D eigenvalue weighted by molar-refractivity contribution is 5.80. The Morgan fingerprint density at radius 1 is 1.07 bits per heavy atom. The van der Waals surface area contributed by atoms with Gasteiger partial charge in [-0.15, -0.1) is 0 Å². The van der Waals surface area contributed by atoms with E-state index in [1.807, 2.05) is 42.5 Å². The number of hydrogen-bond donors (Lipinski definition) is 2. The zero-order valence-corrected chi connectivity index (χ0v) is 15.4. The maximum absolute atomic E-state index is 12.0. The molecule has 0 radical (unpaired) electrons. The van der Waals surface area contributed by atoms with Gasteiger partial charge in [-0.25, -0.2) is 9.59 Å². The molecule has 2 rings (SSSR count). The van der Waals surface area contributed by atoms with Crippen molar-refractivity contribution in [3.63, 3.8) is 0 Å². The van der Waals surface area contributed by atoms with Crippen molar-refractivity contribution in [3.8, 4) is 5.75 Å². The Morgan fingerprint density at radius 3 is 2.48 bits per heavy atom. The van der Waals surface area contributed by atoms with E-state index in [1.54, 1.807) is 12.1 Å². The molecule has 0 saturated carbocycles. The average molecular weight is 371 g/mol. The van der Waals surface area contributed by atoms with Crippen molar-refractivity contribution >= 4 is 12.1 Å². The molecule has 27 heavy (non-hydrogen) atoms. The zero-order chi connectivity index (χ0) is 19.5. The van der Waals surface area contributed by atoms with Gasteiger partial charge in [0.2, 0.25) is 0 Å². The van der Waals surface area contributed by atoms with Crippen LogP contribution in [0.15, 0.2) is 54.6 Å². The second-order valence-corrected chi connectivity index (χ2v) is 6.11. The molecule has 0 saturated heterocycles. The Balaban J connectivity index is 1.95. The Kier molecular flexibility index (Phi) is 8.16. The van der Waals surface area contributed by atoms with Crippen LogP contribution < -0.4 is 10.1 Å². The number of nitrogens with one attached hydrogen (secondary N) is 1. The number of benzene rings is 2. The van der Waals surface area contributed by atoms with Gasteiger partial charge in [0.05, 0.1) is 6.61 Å². The molecule has 144 valence electrons. The lowest BCUT2D eigenvalue weighted by molar-refractivity contribution is -0.139. The monoisotopic (exact) mass is 371 g/mol. The first-order valence-electron chi connectivity index (χ1n) is 9.01. The number of aliphatic carboxylic acids is 1. The number of unbranched alkanes of at least 4 members (excludes halogenated alkanes) is 1. The van der Waals surface area contributed by atoms with Gasteiger partial charge in [0.1, 0.15) is 18.4 Å². The molecular formula is C21H25NO5. The Bertz CT molecular complexity index is 732. The molecule has 2 N–H and O–H groups in total. The highest BCUT2D eigenvalue weighted by Crippen LogP contribution is 2.20. The van der Waals surface area contributed by atoms with Crippen molar-refractivity contribution in [1.29, 1.82) is 0 Å². The second kappa shape index (κ2) is 10.9. The number of rotatable bonds is 10. The Labute approximate surface area is 159 Å². The minimum atomic E-state index is -1.13. The van der Waals surface area contributed by atoms with Gasteiger partial charge >= 0.3 is 12.1 Å². The number of ether oxygens (including phenoxy) is 2. The van der Waals surface area contributed by atoms with Crippen LogP contribution in [0.1, 0.15) is 30.9 Å². The first-order valence-corrected chi connectivity index (χ1v) is 9.01. The van der Waals surface area contributed by atoms with E-state index in [1.165, 1.54) is 0 Å². The summed E-state index contributed by atoms with van der Waals surface area (Å²) in [7, 11) is 0. The number of hydrogen-bond acceptors (Lipinski definition) is 4. The summed E-state index contributed by atoms with van der Waals surface area (Å²) in [6.45, 7) is 2.72. The van der Waals surface area contributed by atoms with E-state index in [0.29, 0.717) is 12.4 Å². The van der Waals surface area contributed by atoms with Crippen LogP contribution in [0.4, 0.5) is 4.79 Å². The number of carboxylic acids is 1. The number of carbonyl (C=O) groups is 2.